The van der Waals surface area contributed by atoms with Crippen LogP contribution < -0.4 is 15.2 Å². The molecule has 1 aromatic heterocycles. The van der Waals surface area contributed by atoms with E-state index in [4.69, 9.17) is 0 Å². The van der Waals surface area contributed by atoms with Gasteiger partial charge in [0.15, 0.2) is 0 Å². The smallest absolute Gasteiger partial charge is 0.404 e. The summed E-state index contributed by atoms with van der Waals surface area (Å²) in [6, 6.07) is 11.5. The zero-order chi connectivity index (χ0) is 11.0. The van der Waals surface area contributed by atoms with E-state index in [9.17, 15) is 4.79 Å². The van der Waals surface area contributed by atoms with Crippen molar-refractivity contribution in [2.24, 2.45) is 0 Å². The normalized spacial score (nSPS) is 14.0. The van der Waals surface area contributed by atoms with Crippen molar-refractivity contribution in [1.82, 2.24) is 5.23 Å². The standard InChI is InChI=1S/C11H9BN2OS/c15-11-8-4-1-2-5-9(8)13-12(14-11)10-6-3-7-16-10/h1-7,13H,(H,14,15). The second kappa shape index (κ2) is 3.68. The number of rotatable bonds is 1. The summed E-state index contributed by atoms with van der Waals surface area (Å²) < 4.78 is 1.11. The largest absolute Gasteiger partial charge is 0.419 e. The third-order valence-corrected chi connectivity index (χ3v) is 3.51. The number of anilines is 1. The first-order chi connectivity index (χ1) is 7.84. The van der Waals surface area contributed by atoms with E-state index in [1.807, 2.05) is 41.8 Å². The highest BCUT2D eigenvalue weighted by Crippen LogP contribution is 2.18. The van der Waals surface area contributed by atoms with E-state index in [1.165, 1.54) is 0 Å². The summed E-state index contributed by atoms with van der Waals surface area (Å²) >= 11 is 1.63. The van der Waals surface area contributed by atoms with E-state index in [1.54, 1.807) is 11.3 Å². The van der Waals surface area contributed by atoms with Gasteiger partial charge < -0.3 is 10.5 Å². The molecule has 1 amide bonds. The van der Waals surface area contributed by atoms with Crippen LogP contribution in [-0.2, 0) is 0 Å². The summed E-state index contributed by atoms with van der Waals surface area (Å²) in [7, 11) is 0. The maximum absolute atomic E-state index is 11.8. The highest BCUT2D eigenvalue weighted by atomic mass is 32.1. The van der Waals surface area contributed by atoms with Crippen molar-refractivity contribution < 1.29 is 4.79 Å². The van der Waals surface area contributed by atoms with E-state index in [2.05, 4.69) is 10.5 Å². The highest BCUT2D eigenvalue weighted by molar-refractivity contribution is 7.22. The second-order valence-corrected chi connectivity index (χ2v) is 4.59. The molecule has 0 radical (unpaired) electrons. The summed E-state index contributed by atoms with van der Waals surface area (Å²) in [5.41, 5.74) is 1.60. The van der Waals surface area contributed by atoms with Crippen molar-refractivity contribution in [1.29, 1.82) is 0 Å². The van der Waals surface area contributed by atoms with Gasteiger partial charge in [-0.05, 0) is 17.5 Å². The molecule has 0 aliphatic carbocycles. The molecule has 16 heavy (non-hydrogen) atoms. The zero-order valence-electron chi connectivity index (χ0n) is 8.44. The van der Waals surface area contributed by atoms with Gasteiger partial charge in [-0.2, -0.15) is 11.3 Å². The van der Waals surface area contributed by atoms with Gasteiger partial charge in [-0.1, -0.05) is 24.3 Å². The summed E-state index contributed by atoms with van der Waals surface area (Å²) in [6.07, 6.45) is 0. The first-order valence-corrected chi connectivity index (χ1v) is 5.92. The number of hydrogen-bond acceptors (Lipinski definition) is 3. The van der Waals surface area contributed by atoms with Crippen LogP contribution in [0.3, 0.4) is 0 Å². The molecule has 2 heterocycles. The maximum atomic E-state index is 11.8. The monoisotopic (exact) mass is 228 g/mol. The molecule has 3 nitrogen and oxygen atoms in total. The van der Waals surface area contributed by atoms with Crippen LogP contribution in [0.1, 0.15) is 10.4 Å². The molecule has 1 aromatic carbocycles. The number of amides is 1. The predicted molar refractivity (Wildman–Crippen MR) is 67.2 cm³/mol. The van der Waals surface area contributed by atoms with Crippen molar-refractivity contribution in [3.05, 3.63) is 47.3 Å². The fraction of sp³-hybridized carbons (Fsp3) is 0. The van der Waals surface area contributed by atoms with Crippen molar-refractivity contribution in [2.75, 3.05) is 5.23 Å². The lowest BCUT2D eigenvalue weighted by molar-refractivity contribution is 0.0979. The van der Waals surface area contributed by atoms with E-state index in [0.29, 0.717) is 5.56 Å². The SMILES string of the molecule is O=C1NB(c2cccs2)Nc2ccccc21. The minimum Gasteiger partial charge on any atom is -0.404 e. The van der Waals surface area contributed by atoms with Crippen LogP contribution in [0.2, 0.25) is 0 Å². The number of thiophene rings is 1. The van der Waals surface area contributed by atoms with Gasteiger partial charge in [-0.25, -0.2) is 0 Å². The zero-order valence-corrected chi connectivity index (χ0v) is 9.25. The molecule has 0 spiro atoms. The predicted octanol–water partition coefficient (Wildman–Crippen LogP) is 1.30. The van der Waals surface area contributed by atoms with Crippen LogP contribution in [-0.4, -0.2) is 12.9 Å². The average Bonchev–Trinajstić information content (AvgIpc) is 2.82. The molecule has 0 unspecified atom stereocenters. The molecule has 0 saturated heterocycles. The Morgan fingerprint density at radius 1 is 1.06 bits per heavy atom. The van der Waals surface area contributed by atoms with E-state index < -0.39 is 0 Å². The van der Waals surface area contributed by atoms with Crippen molar-refractivity contribution in [2.45, 2.75) is 0 Å². The number of carbonyl (C=O) groups excluding carboxylic acids is 1. The number of para-hydroxylation sites is 1. The maximum Gasteiger partial charge on any atom is 0.419 e. The average molecular weight is 228 g/mol. The quantitative estimate of drug-likeness (QED) is 0.722. The Bertz CT molecular complexity index is 527. The molecule has 1 aliphatic rings. The van der Waals surface area contributed by atoms with Crippen LogP contribution in [0, 0.1) is 0 Å². The van der Waals surface area contributed by atoms with Crippen molar-refractivity contribution >= 4 is 34.7 Å². The van der Waals surface area contributed by atoms with Crippen LogP contribution in [0.25, 0.3) is 0 Å². The Morgan fingerprint density at radius 2 is 1.94 bits per heavy atom. The number of fused-ring (bicyclic) bond motifs is 1. The first-order valence-electron chi connectivity index (χ1n) is 5.04. The van der Waals surface area contributed by atoms with Gasteiger partial charge in [0, 0.05) is 10.5 Å². The van der Waals surface area contributed by atoms with Gasteiger partial charge >= 0.3 is 6.98 Å². The van der Waals surface area contributed by atoms with Crippen LogP contribution in [0.5, 0.6) is 0 Å². The van der Waals surface area contributed by atoms with Crippen LogP contribution in [0.15, 0.2) is 41.8 Å². The third kappa shape index (κ3) is 1.49. The summed E-state index contributed by atoms with van der Waals surface area (Å²) in [4.78, 5) is 11.8. The summed E-state index contributed by atoms with van der Waals surface area (Å²) in [6.45, 7) is -0.109. The van der Waals surface area contributed by atoms with Gasteiger partial charge in [-0.3, -0.25) is 4.79 Å². The van der Waals surface area contributed by atoms with E-state index >= 15 is 0 Å². The molecule has 2 N–H and O–H groups in total. The lowest BCUT2D eigenvalue weighted by atomic mass is 9.72. The second-order valence-electron chi connectivity index (χ2n) is 3.61. The molecule has 0 bridgehead atoms. The molecule has 0 atom stereocenters. The Morgan fingerprint density at radius 3 is 2.75 bits per heavy atom. The molecule has 2 aromatic rings. The molecule has 5 heteroatoms. The number of hydrogen-bond donors (Lipinski definition) is 2. The third-order valence-electron chi connectivity index (χ3n) is 2.57. The van der Waals surface area contributed by atoms with Crippen LogP contribution in [0.4, 0.5) is 5.69 Å². The van der Waals surface area contributed by atoms with Crippen LogP contribution >= 0.6 is 11.3 Å². The molecular weight excluding hydrogens is 219 g/mol. The number of nitrogens with one attached hydrogen (secondary N) is 2. The van der Waals surface area contributed by atoms with Gasteiger partial charge in [0.1, 0.15) is 0 Å². The van der Waals surface area contributed by atoms with Gasteiger partial charge in [0.05, 0.1) is 5.56 Å². The van der Waals surface area contributed by atoms with E-state index in [0.717, 1.165) is 10.5 Å². The number of carbonyl (C=O) groups is 1. The summed E-state index contributed by atoms with van der Waals surface area (Å²) in [5.74, 6) is -0.0206. The molecule has 0 fully saturated rings. The van der Waals surface area contributed by atoms with Gasteiger partial charge in [-0.15, -0.1) is 0 Å². The molecule has 1 aliphatic heterocycles. The number of benzene rings is 1. The van der Waals surface area contributed by atoms with Gasteiger partial charge in [0.2, 0.25) is 5.91 Å². The van der Waals surface area contributed by atoms with E-state index in [-0.39, 0.29) is 12.9 Å². The fourth-order valence-electron chi connectivity index (χ4n) is 1.81. The summed E-state index contributed by atoms with van der Waals surface area (Å²) in [5, 5.41) is 8.25. The molecule has 3 rings (SSSR count). The van der Waals surface area contributed by atoms with Crippen molar-refractivity contribution in [3.63, 3.8) is 0 Å². The Hall–Kier alpha value is -1.75. The van der Waals surface area contributed by atoms with Gasteiger partial charge in [0.25, 0.3) is 0 Å². The first kappa shape index (κ1) is 9.48. The minimum absolute atomic E-state index is 0.0206. The Balaban J connectivity index is 1.98. The molecular formula is C11H9BN2OS. The highest BCUT2D eigenvalue weighted by Gasteiger charge is 2.29. The Kier molecular flexibility index (Phi) is 2.18. The van der Waals surface area contributed by atoms with Crippen molar-refractivity contribution in [3.8, 4) is 0 Å². The fourth-order valence-corrected chi connectivity index (χ4v) is 2.53. The minimum atomic E-state index is -0.109. The molecule has 78 valence electrons. The Labute approximate surface area is 97.6 Å². The lowest BCUT2D eigenvalue weighted by Crippen LogP contribution is -2.55. The topological polar surface area (TPSA) is 41.1 Å². The molecule has 0 saturated carbocycles. The lowest BCUT2D eigenvalue weighted by Gasteiger charge is -2.23.